The fraction of sp³-hybridized carbons (Fsp3) is 0. The Morgan fingerprint density at radius 2 is 2.00 bits per heavy atom. The summed E-state index contributed by atoms with van der Waals surface area (Å²) in [6.07, 6.45) is 4.50. The zero-order chi connectivity index (χ0) is 11.5. The second-order valence-electron chi connectivity index (χ2n) is 2.97. The van der Waals surface area contributed by atoms with Crippen molar-refractivity contribution in [3.8, 4) is 11.1 Å². The van der Waals surface area contributed by atoms with E-state index in [9.17, 15) is 4.79 Å². The number of hydrogen-bond donors (Lipinski definition) is 1. The molecule has 0 aromatic carbocycles. The van der Waals surface area contributed by atoms with Gasteiger partial charge in [0.05, 0.1) is 6.20 Å². The number of halogens is 1. The van der Waals surface area contributed by atoms with Crippen LogP contribution in [0.3, 0.4) is 0 Å². The van der Waals surface area contributed by atoms with Gasteiger partial charge < -0.3 is 5.11 Å². The molecule has 0 aliphatic rings. The van der Waals surface area contributed by atoms with Gasteiger partial charge in [-0.15, -0.1) is 5.10 Å². The van der Waals surface area contributed by atoms with Gasteiger partial charge in [-0.25, -0.2) is 4.79 Å². The molecule has 2 aromatic heterocycles. The first-order chi connectivity index (χ1) is 7.70. The normalized spacial score (nSPS) is 10.1. The molecule has 0 bridgehead atoms. The van der Waals surface area contributed by atoms with Gasteiger partial charge in [-0.05, 0) is 17.7 Å². The van der Waals surface area contributed by atoms with Crippen LogP contribution in [0.5, 0.6) is 0 Å². The van der Waals surface area contributed by atoms with Crippen LogP contribution in [0.2, 0.25) is 5.15 Å². The molecule has 2 heterocycles. The van der Waals surface area contributed by atoms with Gasteiger partial charge in [0.15, 0.2) is 5.15 Å². The van der Waals surface area contributed by atoms with Crippen molar-refractivity contribution in [1.82, 2.24) is 15.2 Å². The van der Waals surface area contributed by atoms with Crippen LogP contribution in [-0.4, -0.2) is 26.3 Å². The fourth-order valence-corrected chi connectivity index (χ4v) is 1.54. The zero-order valence-electron chi connectivity index (χ0n) is 7.96. The topological polar surface area (TPSA) is 76.0 Å². The average Bonchev–Trinajstić information content (AvgIpc) is 2.29. The molecule has 2 rings (SSSR count). The number of carbonyl (C=O) groups is 1. The molecule has 0 unspecified atom stereocenters. The summed E-state index contributed by atoms with van der Waals surface area (Å²) < 4.78 is 0. The zero-order valence-corrected chi connectivity index (χ0v) is 8.72. The summed E-state index contributed by atoms with van der Waals surface area (Å²) in [7, 11) is 0. The second kappa shape index (κ2) is 4.24. The predicted molar refractivity (Wildman–Crippen MR) is 57.2 cm³/mol. The molecular formula is C10H6ClN3O2. The quantitative estimate of drug-likeness (QED) is 0.860. The van der Waals surface area contributed by atoms with Crippen molar-refractivity contribution in [1.29, 1.82) is 0 Å². The van der Waals surface area contributed by atoms with E-state index >= 15 is 0 Å². The van der Waals surface area contributed by atoms with E-state index in [0.717, 1.165) is 0 Å². The Kier molecular flexibility index (Phi) is 2.78. The first kappa shape index (κ1) is 10.5. The molecule has 0 radical (unpaired) electrons. The van der Waals surface area contributed by atoms with E-state index in [-0.39, 0.29) is 10.7 Å². The summed E-state index contributed by atoms with van der Waals surface area (Å²) in [5.74, 6) is -1.13. The molecule has 0 spiro atoms. The lowest BCUT2D eigenvalue weighted by atomic mass is 10.1. The van der Waals surface area contributed by atoms with Crippen molar-refractivity contribution >= 4 is 17.6 Å². The third-order valence-corrected chi connectivity index (χ3v) is 2.28. The Labute approximate surface area is 95.7 Å². The number of aromatic nitrogens is 3. The van der Waals surface area contributed by atoms with Gasteiger partial charge in [0.25, 0.3) is 0 Å². The van der Waals surface area contributed by atoms with E-state index < -0.39 is 5.97 Å². The third-order valence-electron chi connectivity index (χ3n) is 2.01. The van der Waals surface area contributed by atoms with E-state index in [1.54, 1.807) is 24.5 Å². The van der Waals surface area contributed by atoms with Crippen molar-refractivity contribution in [3.05, 3.63) is 41.4 Å². The minimum Gasteiger partial charge on any atom is -0.478 e. The van der Waals surface area contributed by atoms with Crippen molar-refractivity contribution < 1.29 is 9.90 Å². The van der Waals surface area contributed by atoms with Gasteiger partial charge in [-0.2, -0.15) is 5.10 Å². The van der Waals surface area contributed by atoms with Gasteiger partial charge >= 0.3 is 5.97 Å². The standard InChI is InChI=1S/C10H6ClN3O2/c11-9-8(10(15)16)7(5-13-14-9)6-1-3-12-4-2-6/h1-5H,(H,15,16). The number of rotatable bonds is 2. The maximum Gasteiger partial charge on any atom is 0.339 e. The molecule has 2 aromatic rings. The van der Waals surface area contributed by atoms with Gasteiger partial charge in [0.2, 0.25) is 0 Å². The lowest BCUT2D eigenvalue weighted by molar-refractivity contribution is 0.0697. The van der Waals surface area contributed by atoms with Crippen molar-refractivity contribution in [2.45, 2.75) is 0 Å². The molecule has 16 heavy (non-hydrogen) atoms. The summed E-state index contributed by atoms with van der Waals surface area (Å²) in [6, 6.07) is 3.36. The SMILES string of the molecule is O=C(O)c1c(-c2ccncc2)cnnc1Cl. The number of aromatic carboxylic acids is 1. The molecule has 5 nitrogen and oxygen atoms in total. The summed E-state index contributed by atoms with van der Waals surface area (Å²) in [5, 5.41) is 16.1. The minimum absolute atomic E-state index is 0.0529. The Hall–Kier alpha value is -2.01. The van der Waals surface area contributed by atoms with Gasteiger partial charge in [0, 0.05) is 18.0 Å². The van der Waals surface area contributed by atoms with Crippen molar-refractivity contribution in [3.63, 3.8) is 0 Å². The summed E-state index contributed by atoms with van der Waals surface area (Å²) in [4.78, 5) is 14.9. The fourth-order valence-electron chi connectivity index (χ4n) is 1.32. The van der Waals surface area contributed by atoms with Crippen LogP contribution in [0.15, 0.2) is 30.7 Å². The average molecular weight is 236 g/mol. The van der Waals surface area contributed by atoms with Gasteiger partial charge in [-0.1, -0.05) is 11.6 Å². The molecule has 6 heteroatoms. The monoisotopic (exact) mass is 235 g/mol. The van der Waals surface area contributed by atoms with Crippen LogP contribution < -0.4 is 0 Å². The van der Waals surface area contributed by atoms with E-state index in [0.29, 0.717) is 11.1 Å². The number of carboxylic acids is 1. The molecule has 0 aliphatic carbocycles. The largest absolute Gasteiger partial charge is 0.478 e. The van der Waals surface area contributed by atoms with Crippen LogP contribution >= 0.6 is 11.6 Å². The molecule has 80 valence electrons. The summed E-state index contributed by atoms with van der Waals surface area (Å²) in [5.41, 5.74) is 1.06. The van der Waals surface area contributed by atoms with E-state index in [4.69, 9.17) is 16.7 Å². The molecule has 0 amide bonds. The van der Waals surface area contributed by atoms with E-state index in [2.05, 4.69) is 15.2 Å². The van der Waals surface area contributed by atoms with E-state index in [1.165, 1.54) is 6.20 Å². The van der Waals surface area contributed by atoms with Crippen LogP contribution in [0.1, 0.15) is 10.4 Å². The van der Waals surface area contributed by atoms with Crippen molar-refractivity contribution in [2.75, 3.05) is 0 Å². The lowest BCUT2D eigenvalue weighted by Gasteiger charge is -2.05. The van der Waals surface area contributed by atoms with Crippen molar-refractivity contribution in [2.24, 2.45) is 0 Å². The molecule has 0 saturated carbocycles. The molecule has 0 fully saturated rings. The Morgan fingerprint density at radius 3 is 2.62 bits per heavy atom. The molecule has 0 aliphatic heterocycles. The second-order valence-corrected chi connectivity index (χ2v) is 3.32. The van der Waals surface area contributed by atoms with E-state index in [1.807, 2.05) is 0 Å². The molecule has 0 saturated heterocycles. The Balaban J connectivity index is 2.66. The summed E-state index contributed by atoms with van der Waals surface area (Å²) in [6.45, 7) is 0. The number of nitrogens with zero attached hydrogens (tertiary/aromatic N) is 3. The van der Waals surface area contributed by atoms with Crippen LogP contribution in [-0.2, 0) is 0 Å². The van der Waals surface area contributed by atoms with Crippen LogP contribution in [0.4, 0.5) is 0 Å². The first-order valence-electron chi connectivity index (χ1n) is 4.35. The summed E-state index contributed by atoms with van der Waals surface area (Å²) >= 11 is 5.70. The maximum absolute atomic E-state index is 11.0. The highest BCUT2D eigenvalue weighted by atomic mass is 35.5. The van der Waals surface area contributed by atoms with Gasteiger partial charge in [0.1, 0.15) is 5.56 Å². The highest BCUT2D eigenvalue weighted by molar-refractivity contribution is 6.33. The first-order valence-corrected chi connectivity index (χ1v) is 4.73. The highest BCUT2D eigenvalue weighted by Gasteiger charge is 2.17. The van der Waals surface area contributed by atoms with Crippen LogP contribution in [0, 0.1) is 0 Å². The number of hydrogen-bond acceptors (Lipinski definition) is 4. The third kappa shape index (κ3) is 1.85. The number of pyridine rings is 1. The maximum atomic E-state index is 11.0. The van der Waals surface area contributed by atoms with Gasteiger partial charge in [-0.3, -0.25) is 4.98 Å². The predicted octanol–water partition coefficient (Wildman–Crippen LogP) is 1.89. The highest BCUT2D eigenvalue weighted by Crippen LogP contribution is 2.26. The van der Waals surface area contributed by atoms with Crippen LogP contribution in [0.25, 0.3) is 11.1 Å². The minimum atomic E-state index is -1.13. The Morgan fingerprint density at radius 1 is 1.31 bits per heavy atom. The smallest absolute Gasteiger partial charge is 0.339 e. The molecule has 1 N–H and O–H groups in total. The Bertz CT molecular complexity index is 531. The molecular weight excluding hydrogens is 230 g/mol. The molecule has 0 atom stereocenters. The lowest BCUT2D eigenvalue weighted by Crippen LogP contribution is -2.03. The number of carboxylic acid groups (broad SMARTS) is 1.